The molecule has 1 aliphatic heterocycles. The molecule has 166 valence electrons. The van der Waals surface area contributed by atoms with Crippen molar-refractivity contribution in [2.75, 3.05) is 25.1 Å². The lowest BCUT2D eigenvalue weighted by atomic mass is 9.99. The molecule has 1 aromatic heterocycles. The van der Waals surface area contributed by atoms with Gasteiger partial charge in [-0.2, -0.15) is 0 Å². The second kappa shape index (κ2) is 11.1. The minimum atomic E-state index is -1.81. The third kappa shape index (κ3) is 6.26. The molecule has 0 unspecified atom stereocenters. The lowest BCUT2D eigenvalue weighted by Crippen LogP contribution is -2.59. The highest BCUT2D eigenvalue weighted by atomic mass is 16.7. The van der Waals surface area contributed by atoms with Crippen molar-refractivity contribution in [1.29, 1.82) is 0 Å². The molecule has 1 saturated heterocycles. The average Bonchev–Trinajstić information content (AvgIpc) is 2.74. The summed E-state index contributed by atoms with van der Waals surface area (Å²) in [7, 11) is 0. The summed E-state index contributed by atoms with van der Waals surface area (Å²) in [5, 5.41) is 81.1. The van der Waals surface area contributed by atoms with Gasteiger partial charge in [-0.3, -0.25) is 0 Å². The maximum Gasteiger partial charge on any atom is 0.186 e. The summed E-state index contributed by atoms with van der Waals surface area (Å²) in [6.07, 6.45) is -12.7. The zero-order valence-corrected chi connectivity index (χ0v) is 15.5. The number of anilines is 1. The van der Waals surface area contributed by atoms with Crippen LogP contribution in [0.1, 0.15) is 0 Å². The quantitative estimate of drug-likeness (QED) is 0.176. The largest absolute Gasteiger partial charge is 0.394 e. The fourth-order valence-corrected chi connectivity index (χ4v) is 2.75. The van der Waals surface area contributed by atoms with Crippen molar-refractivity contribution in [2.24, 2.45) is 0 Å². The van der Waals surface area contributed by atoms with E-state index in [0.29, 0.717) is 5.82 Å². The fourth-order valence-electron chi connectivity index (χ4n) is 2.75. The standard InChI is InChI=1S/C17H28N2O10/c20-6-10-14(25)15(26)16(27)17(29-10)28-7-9(22)13(24)12(23)8(21)5-19-11-3-1-2-4-18-11/h1-4,8-10,12-17,20-27H,5-7H2,(H,18,19)/t8-,9-,10-,12-,13-,14-,15+,16+,17+/m1/s1. The molecular formula is C17H28N2O10. The third-order valence-corrected chi connectivity index (χ3v) is 4.58. The second-order valence-corrected chi connectivity index (χ2v) is 6.74. The van der Waals surface area contributed by atoms with Gasteiger partial charge in [0.2, 0.25) is 0 Å². The Kier molecular flexibility index (Phi) is 9.10. The van der Waals surface area contributed by atoms with E-state index in [1.54, 1.807) is 18.2 Å². The van der Waals surface area contributed by atoms with Crippen LogP contribution in [-0.4, -0.2) is 121 Å². The van der Waals surface area contributed by atoms with Crippen molar-refractivity contribution < 1.29 is 50.3 Å². The van der Waals surface area contributed by atoms with Crippen molar-refractivity contribution in [3.8, 4) is 0 Å². The molecule has 29 heavy (non-hydrogen) atoms. The van der Waals surface area contributed by atoms with E-state index in [4.69, 9.17) is 14.6 Å². The lowest BCUT2D eigenvalue weighted by molar-refractivity contribution is -0.306. The number of pyridine rings is 1. The number of nitrogens with zero attached hydrogens (tertiary/aromatic N) is 1. The van der Waals surface area contributed by atoms with Gasteiger partial charge < -0.3 is 55.6 Å². The molecule has 1 fully saturated rings. The summed E-state index contributed by atoms with van der Waals surface area (Å²) in [4.78, 5) is 3.97. The highest BCUT2D eigenvalue weighted by molar-refractivity contribution is 5.33. The SMILES string of the molecule is OC[C@H]1O[C@H](OC[C@@H](O)[C@@H](O)[C@H](O)[C@H](O)CNc2ccccn2)[C@@H](O)[C@@H](O)[C@@H]1O. The summed E-state index contributed by atoms with van der Waals surface area (Å²) in [6, 6.07) is 5.05. The van der Waals surface area contributed by atoms with Gasteiger partial charge in [-0.15, -0.1) is 0 Å². The Labute approximate surface area is 166 Å². The zero-order valence-electron chi connectivity index (χ0n) is 15.5. The number of rotatable bonds is 10. The van der Waals surface area contributed by atoms with Crippen LogP contribution in [0.25, 0.3) is 0 Å². The smallest absolute Gasteiger partial charge is 0.186 e. The number of aliphatic hydroxyl groups is 8. The van der Waals surface area contributed by atoms with Crippen LogP contribution in [0.3, 0.4) is 0 Å². The van der Waals surface area contributed by atoms with E-state index in [0.717, 1.165) is 0 Å². The lowest BCUT2D eigenvalue weighted by Gasteiger charge is -2.40. The summed E-state index contributed by atoms with van der Waals surface area (Å²) >= 11 is 0. The molecule has 12 nitrogen and oxygen atoms in total. The van der Waals surface area contributed by atoms with Gasteiger partial charge >= 0.3 is 0 Å². The van der Waals surface area contributed by atoms with Crippen LogP contribution in [0.4, 0.5) is 5.82 Å². The van der Waals surface area contributed by atoms with Gasteiger partial charge in [-0.25, -0.2) is 4.98 Å². The molecule has 0 saturated carbocycles. The normalized spacial score (nSPS) is 31.7. The fraction of sp³-hybridized carbons (Fsp3) is 0.706. The van der Waals surface area contributed by atoms with Crippen molar-refractivity contribution >= 4 is 5.82 Å². The van der Waals surface area contributed by atoms with Crippen molar-refractivity contribution in [2.45, 2.75) is 55.1 Å². The first-order valence-corrected chi connectivity index (χ1v) is 9.05. The highest BCUT2D eigenvalue weighted by Gasteiger charge is 2.44. The molecule has 9 atom stereocenters. The predicted molar refractivity (Wildman–Crippen MR) is 96.5 cm³/mol. The molecule has 0 amide bonds. The van der Waals surface area contributed by atoms with Crippen LogP contribution in [0.5, 0.6) is 0 Å². The van der Waals surface area contributed by atoms with Crippen molar-refractivity contribution in [3.63, 3.8) is 0 Å². The van der Waals surface area contributed by atoms with Crippen molar-refractivity contribution in [3.05, 3.63) is 24.4 Å². The Bertz CT molecular complexity index is 595. The van der Waals surface area contributed by atoms with Crippen LogP contribution in [0.2, 0.25) is 0 Å². The maximum atomic E-state index is 10.0. The molecule has 9 N–H and O–H groups in total. The Balaban J connectivity index is 1.81. The number of aromatic nitrogens is 1. The van der Waals surface area contributed by atoms with Gasteiger partial charge in [-0.05, 0) is 12.1 Å². The summed E-state index contributed by atoms with van der Waals surface area (Å²) in [5.41, 5.74) is 0. The summed E-state index contributed by atoms with van der Waals surface area (Å²) in [6.45, 7) is -1.44. The maximum absolute atomic E-state index is 10.0. The van der Waals surface area contributed by atoms with E-state index in [-0.39, 0.29) is 6.54 Å². The van der Waals surface area contributed by atoms with Crippen molar-refractivity contribution in [1.82, 2.24) is 4.98 Å². The molecule has 1 aliphatic rings. The van der Waals surface area contributed by atoms with Crippen LogP contribution in [0, 0.1) is 0 Å². The highest BCUT2D eigenvalue weighted by Crippen LogP contribution is 2.22. The molecule has 12 heteroatoms. The molecule has 2 heterocycles. The molecule has 0 aliphatic carbocycles. The molecule has 0 spiro atoms. The van der Waals surface area contributed by atoms with Gasteiger partial charge in [0.25, 0.3) is 0 Å². The minimum absolute atomic E-state index is 0.157. The van der Waals surface area contributed by atoms with Gasteiger partial charge in [-0.1, -0.05) is 6.07 Å². The van der Waals surface area contributed by atoms with E-state index in [2.05, 4.69) is 10.3 Å². The molecule has 0 aromatic carbocycles. The number of hydrogen-bond acceptors (Lipinski definition) is 12. The van der Waals surface area contributed by atoms with E-state index in [1.165, 1.54) is 6.20 Å². The van der Waals surface area contributed by atoms with Crippen LogP contribution in [0.15, 0.2) is 24.4 Å². The molecular weight excluding hydrogens is 392 g/mol. The average molecular weight is 420 g/mol. The molecule has 0 radical (unpaired) electrons. The monoisotopic (exact) mass is 420 g/mol. The zero-order chi connectivity index (χ0) is 21.6. The Morgan fingerprint density at radius 1 is 1.00 bits per heavy atom. The van der Waals surface area contributed by atoms with E-state index >= 15 is 0 Å². The first kappa shape index (κ1) is 23.8. The van der Waals surface area contributed by atoms with Crippen LogP contribution >= 0.6 is 0 Å². The van der Waals surface area contributed by atoms with Gasteiger partial charge in [0, 0.05) is 12.7 Å². The van der Waals surface area contributed by atoms with Gasteiger partial charge in [0.15, 0.2) is 6.29 Å². The van der Waals surface area contributed by atoms with E-state index in [1.807, 2.05) is 0 Å². The van der Waals surface area contributed by atoms with Gasteiger partial charge in [0.1, 0.15) is 48.5 Å². The van der Waals surface area contributed by atoms with Gasteiger partial charge in [0.05, 0.1) is 19.3 Å². The number of aliphatic hydroxyl groups excluding tert-OH is 8. The Hall–Kier alpha value is -1.45. The topological polar surface area (TPSA) is 205 Å². The first-order valence-electron chi connectivity index (χ1n) is 9.05. The minimum Gasteiger partial charge on any atom is -0.394 e. The van der Waals surface area contributed by atoms with Crippen LogP contribution in [-0.2, 0) is 9.47 Å². The molecule has 1 aromatic rings. The van der Waals surface area contributed by atoms with E-state index < -0.39 is 68.3 Å². The number of ether oxygens (including phenoxy) is 2. The second-order valence-electron chi connectivity index (χ2n) is 6.74. The number of nitrogens with one attached hydrogen (secondary N) is 1. The summed E-state index contributed by atoms with van der Waals surface area (Å²) in [5.74, 6) is 0.444. The first-order chi connectivity index (χ1) is 13.8. The third-order valence-electron chi connectivity index (χ3n) is 4.58. The Morgan fingerprint density at radius 3 is 2.31 bits per heavy atom. The number of hydrogen-bond donors (Lipinski definition) is 9. The van der Waals surface area contributed by atoms with Crippen LogP contribution < -0.4 is 5.32 Å². The molecule has 0 bridgehead atoms. The molecule has 2 rings (SSSR count). The van der Waals surface area contributed by atoms with E-state index in [9.17, 15) is 35.7 Å². The summed E-state index contributed by atoms with van der Waals surface area (Å²) < 4.78 is 10.2. The predicted octanol–water partition coefficient (Wildman–Crippen LogP) is -4.25. The Morgan fingerprint density at radius 2 is 1.69 bits per heavy atom.